The minimum atomic E-state index is -0.113. The highest BCUT2D eigenvalue weighted by atomic mass is 16.2. The lowest BCUT2D eigenvalue weighted by Crippen LogP contribution is -2.39. The van der Waals surface area contributed by atoms with Crippen LogP contribution in [-0.4, -0.2) is 43.5 Å². The number of aryl methyl sites for hydroxylation is 1. The van der Waals surface area contributed by atoms with Crippen molar-refractivity contribution < 1.29 is 4.79 Å². The molecule has 27 heavy (non-hydrogen) atoms. The summed E-state index contributed by atoms with van der Waals surface area (Å²) in [6.45, 7) is 3.25. The van der Waals surface area contributed by atoms with E-state index in [4.69, 9.17) is 5.73 Å². The van der Waals surface area contributed by atoms with Crippen molar-refractivity contribution >= 4 is 17.2 Å². The molecule has 4 rings (SSSR count). The zero-order valence-electron chi connectivity index (χ0n) is 15.2. The van der Waals surface area contributed by atoms with Crippen LogP contribution in [0.2, 0.25) is 0 Å². The number of fused-ring (bicyclic) bond motifs is 1. The van der Waals surface area contributed by atoms with Gasteiger partial charge in [-0.05, 0) is 25.3 Å². The second-order valence-electron chi connectivity index (χ2n) is 6.94. The zero-order chi connectivity index (χ0) is 19.0. The number of amides is 1. The summed E-state index contributed by atoms with van der Waals surface area (Å²) in [6.07, 6.45) is 5.62. The molecule has 0 spiro atoms. The quantitative estimate of drug-likeness (QED) is 0.731. The average molecular weight is 366 g/mol. The van der Waals surface area contributed by atoms with Crippen LogP contribution in [0, 0.1) is 0 Å². The molecule has 0 radical (unpaired) electrons. The fourth-order valence-corrected chi connectivity index (χ4v) is 3.62. The number of rotatable bonds is 3. The molecule has 3 aromatic rings. The van der Waals surface area contributed by atoms with E-state index < -0.39 is 0 Å². The van der Waals surface area contributed by atoms with Gasteiger partial charge in [-0.2, -0.15) is 0 Å². The summed E-state index contributed by atoms with van der Waals surface area (Å²) in [7, 11) is 0. The van der Waals surface area contributed by atoms with Gasteiger partial charge in [0.25, 0.3) is 11.5 Å². The molecule has 1 saturated heterocycles. The van der Waals surface area contributed by atoms with Crippen LogP contribution < -0.4 is 11.3 Å². The van der Waals surface area contributed by atoms with Crippen molar-refractivity contribution in [3.05, 3.63) is 57.9 Å². The standard InChI is InChI=1S/C19H22N6O2/c1-2-15-7-18(26)25-17(22-15)8-16(23-25)12-4-3-5-24(11-12)19(27)13-6-14(20)10-21-9-13/h6-10,12,23H,2-5,11,20H2,1H3. The number of carbonyl (C=O) groups is 1. The van der Waals surface area contributed by atoms with E-state index in [-0.39, 0.29) is 17.4 Å². The van der Waals surface area contributed by atoms with E-state index in [0.29, 0.717) is 36.4 Å². The maximum Gasteiger partial charge on any atom is 0.272 e. The monoisotopic (exact) mass is 366 g/mol. The number of aromatic amines is 1. The molecule has 1 aliphatic heterocycles. The third-order valence-electron chi connectivity index (χ3n) is 5.04. The Balaban J connectivity index is 1.59. The predicted molar refractivity (Wildman–Crippen MR) is 102 cm³/mol. The number of piperidine rings is 1. The Bertz CT molecular complexity index is 1050. The van der Waals surface area contributed by atoms with Crippen molar-refractivity contribution in [1.82, 2.24) is 24.5 Å². The summed E-state index contributed by atoms with van der Waals surface area (Å²) in [5.74, 6) is 0.0575. The molecular formula is C19H22N6O2. The second kappa shape index (κ2) is 6.86. The Morgan fingerprint density at radius 2 is 2.19 bits per heavy atom. The first-order valence-electron chi connectivity index (χ1n) is 9.16. The summed E-state index contributed by atoms with van der Waals surface area (Å²) in [5.41, 5.74) is 8.93. The van der Waals surface area contributed by atoms with Gasteiger partial charge in [0.2, 0.25) is 0 Å². The molecule has 1 atom stereocenters. The predicted octanol–water partition coefficient (Wildman–Crippen LogP) is 1.58. The van der Waals surface area contributed by atoms with Crippen LogP contribution in [0.3, 0.4) is 0 Å². The van der Waals surface area contributed by atoms with Gasteiger partial charge in [0, 0.05) is 54.9 Å². The number of nitrogens with zero attached hydrogens (tertiary/aromatic N) is 4. The average Bonchev–Trinajstić information content (AvgIpc) is 3.12. The molecule has 3 N–H and O–H groups in total. The number of anilines is 1. The van der Waals surface area contributed by atoms with Gasteiger partial charge in [-0.1, -0.05) is 6.92 Å². The Morgan fingerprint density at radius 1 is 1.33 bits per heavy atom. The third-order valence-corrected chi connectivity index (χ3v) is 5.04. The van der Waals surface area contributed by atoms with Crippen molar-refractivity contribution in [1.29, 1.82) is 0 Å². The molecule has 1 unspecified atom stereocenters. The van der Waals surface area contributed by atoms with E-state index in [1.807, 2.05) is 17.9 Å². The van der Waals surface area contributed by atoms with Gasteiger partial charge in [-0.15, -0.1) is 0 Å². The highest BCUT2D eigenvalue weighted by molar-refractivity contribution is 5.94. The normalized spacial score (nSPS) is 17.4. The lowest BCUT2D eigenvalue weighted by molar-refractivity contribution is 0.0705. The van der Waals surface area contributed by atoms with E-state index in [2.05, 4.69) is 15.1 Å². The number of pyridine rings is 1. The van der Waals surface area contributed by atoms with Gasteiger partial charge in [0.1, 0.15) is 0 Å². The number of hydrogen-bond acceptors (Lipinski definition) is 5. The summed E-state index contributed by atoms with van der Waals surface area (Å²) >= 11 is 0. The molecule has 0 aromatic carbocycles. The zero-order valence-corrected chi connectivity index (χ0v) is 15.2. The van der Waals surface area contributed by atoms with Crippen molar-refractivity contribution in [3.8, 4) is 0 Å². The molecule has 1 fully saturated rings. The lowest BCUT2D eigenvalue weighted by atomic mass is 9.94. The highest BCUT2D eigenvalue weighted by Gasteiger charge is 2.27. The van der Waals surface area contributed by atoms with Crippen LogP contribution in [0.25, 0.3) is 5.65 Å². The first kappa shape index (κ1) is 17.3. The number of aromatic nitrogens is 4. The molecule has 0 saturated carbocycles. The number of hydrogen-bond donors (Lipinski definition) is 2. The lowest BCUT2D eigenvalue weighted by Gasteiger charge is -2.32. The van der Waals surface area contributed by atoms with E-state index in [1.165, 1.54) is 10.7 Å². The third kappa shape index (κ3) is 3.30. The SMILES string of the molecule is CCc1cc(=O)n2[nH]c(C3CCCN(C(=O)c4cncc(N)c4)C3)cc2n1. The van der Waals surface area contributed by atoms with Crippen LogP contribution in [0.4, 0.5) is 5.69 Å². The molecule has 3 aromatic heterocycles. The number of nitrogens with two attached hydrogens (primary N) is 1. The van der Waals surface area contributed by atoms with Crippen molar-refractivity contribution in [2.75, 3.05) is 18.8 Å². The largest absolute Gasteiger partial charge is 0.397 e. The van der Waals surface area contributed by atoms with E-state index in [1.54, 1.807) is 18.3 Å². The molecule has 8 heteroatoms. The van der Waals surface area contributed by atoms with E-state index >= 15 is 0 Å². The van der Waals surface area contributed by atoms with Gasteiger partial charge >= 0.3 is 0 Å². The first-order valence-corrected chi connectivity index (χ1v) is 9.16. The number of carbonyl (C=O) groups excluding carboxylic acids is 1. The van der Waals surface area contributed by atoms with Crippen LogP contribution in [0.5, 0.6) is 0 Å². The second-order valence-corrected chi connectivity index (χ2v) is 6.94. The van der Waals surface area contributed by atoms with Gasteiger partial charge in [0.15, 0.2) is 5.65 Å². The topological polar surface area (TPSA) is 109 Å². The van der Waals surface area contributed by atoms with Crippen LogP contribution in [0.1, 0.15) is 47.4 Å². The Labute approximate surface area is 156 Å². The van der Waals surface area contributed by atoms with Crippen molar-refractivity contribution in [2.45, 2.75) is 32.1 Å². The van der Waals surface area contributed by atoms with Crippen LogP contribution >= 0.6 is 0 Å². The fraction of sp³-hybridized carbons (Fsp3) is 0.368. The highest BCUT2D eigenvalue weighted by Crippen LogP contribution is 2.27. The maximum absolute atomic E-state index is 12.8. The van der Waals surface area contributed by atoms with Gasteiger partial charge in [0.05, 0.1) is 11.3 Å². The van der Waals surface area contributed by atoms with E-state index in [0.717, 1.165) is 24.2 Å². The molecule has 140 valence electrons. The van der Waals surface area contributed by atoms with Crippen molar-refractivity contribution in [3.63, 3.8) is 0 Å². The maximum atomic E-state index is 12.8. The first-order chi connectivity index (χ1) is 13.0. The Kier molecular flexibility index (Phi) is 4.39. The van der Waals surface area contributed by atoms with Gasteiger partial charge in [-0.3, -0.25) is 19.7 Å². The minimum absolute atomic E-state index is 0.0702. The Morgan fingerprint density at radius 3 is 2.96 bits per heavy atom. The van der Waals surface area contributed by atoms with Gasteiger partial charge in [-0.25, -0.2) is 9.50 Å². The number of likely N-dealkylation sites (tertiary alicyclic amines) is 1. The molecule has 4 heterocycles. The minimum Gasteiger partial charge on any atom is -0.397 e. The summed E-state index contributed by atoms with van der Waals surface area (Å²) in [5, 5.41) is 3.16. The van der Waals surface area contributed by atoms with E-state index in [9.17, 15) is 9.59 Å². The molecular weight excluding hydrogens is 344 g/mol. The molecule has 1 amide bonds. The summed E-state index contributed by atoms with van der Waals surface area (Å²) in [6, 6.07) is 5.12. The smallest absolute Gasteiger partial charge is 0.272 e. The summed E-state index contributed by atoms with van der Waals surface area (Å²) in [4.78, 5) is 35.4. The van der Waals surface area contributed by atoms with Crippen LogP contribution in [-0.2, 0) is 6.42 Å². The molecule has 0 bridgehead atoms. The molecule has 0 aliphatic carbocycles. The van der Waals surface area contributed by atoms with Gasteiger partial charge < -0.3 is 10.6 Å². The molecule has 8 nitrogen and oxygen atoms in total. The summed E-state index contributed by atoms with van der Waals surface area (Å²) < 4.78 is 1.47. The Hall–Kier alpha value is -3.16. The fourth-order valence-electron chi connectivity index (χ4n) is 3.62. The molecule has 1 aliphatic rings. The number of nitrogens with one attached hydrogen (secondary N) is 1. The number of nitrogen functional groups attached to an aromatic ring is 1. The number of H-pyrrole nitrogens is 1. The van der Waals surface area contributed by atoms with Crippen molar-refractivity contribution in [2.24, 2.45) is 0 Å². The van der Waals surface area contributed by atoms with Crippen LogP contribution in [0.15, 0.2) is 35.4 Å².